The molecule has 30 heavy (non-hydrogen) atoms. The lowest BCUT2D eigenvalue weighted by molar-refractivity contribution is -0.138. The normalized spacial score (nSPS) is 19.0. The molecule has 2 aliphatic rings. The lowest BCUT2D eigenvalue weighted by Crippen LogP contribution is -2.62. The fourth-order valence-electron chi connectivity index (χ4n) is 3.84. The number of aromatic nitrogens is 1. The summed E-state index contributed by atoms with van der Waals surface area (Å²) in [5, 5.41) is 0.242. The first-order valence-electron chi connectivity index (χ1n) is 9.23. The van der Waals surface area contributed by atoms with Crippen LogP contribution in [0.3, 0.4) is 0 Å². The third-order valence-electron chi connectivity index (χ3n) is 5.34. The molecular formula is C20H18ClF4N3O2. The maximum absolute atomic E-state index is 13.3. The minimum atomic E-state index is -4.43. The van der Waals surface area contributed by atoms with E-state index in [0.29, 0.717) is 37.6 Å². The van der Waals surface area contributed by atoms with E-state index in [-0.39, 0.29) is 29.5 Å². The van der Waals surface area contributed by atoms with Gasteiger partial charge in [-0.25, -0.2) is 9.37 Å². The van der Waals surface area contributed by atoms with E-state index in [1.165, 1.54) is 18.2 Å². The van der Waals surface area contributed by atoms with Gasteiger partial charge in [0.2, 0.25) is 5.91 Å². The molecule has 0 N–H and O–H groups in total. The molecule has 2 aromatic rings. The van der Waals surface area contributed by atoms with Crippen molar-refractivity contribution >= 4 is 23.3 Å². The van der Waals surface area contributed by atoms with E-state index in [2.05, 4.69) is 4.98 Å². The van der Waals surface area contributed by atoms with Crippen LogP contribution in [0.5, 0.6) is 0 Å². The van der Waals surface area contributed by atoms with Gasteiger partial charge in [0.25, 0.3) is 0 Å². The van der Waals surface area contributed by atoms with E-state index >= 15 is 0 Å². The molecule has 0 aliphatic carbocycles. The Morgan fingerprint density at radius 2 is 1.93 bits per heavy atom. The summed E-state index contributed by atoms with van der Waals surface area (Å²) in [7, 11) is 0. The van der Waals surface area contributed by atoms with E-state index < -0.39 is 17.6 Å². The second kappa shape index (κ2) is 7.70. The Bertz CT molecular complexity index is 946. The Morgan fingerprint density at radius 3 is 2.57 bits per heavy atom. The predicted octanol–water partition coefficient (Wildman–Crippen LogP) is 3.76. The average molecular weight is 444 g/mol. The molecule has 1 aromatic carbocycles. The van der Waals surface area contributed by atoms with Crippen molar-refractivity contribution in [3.8, 4) is 0 Å². The van der Waals surface area contributed by atoms with E-state index in [1.807, 2.05) is 4.90 Å². The van der Waals surface area contributed by atoms with Gasteiger partial charge in [0.15, 0.2) is 0 Å². The molecular weight excluding hydrogens is 426 g/mol. The number of anilines is 1. The fourth-order valence-corrected chi connectivity index (χ4v) is 4.07. The molecule has 0 unspecified atom stereocenters. The van der Waals surface area contributed by atoms with Gasteiger partial charge >= 0.3 is 6.18 Å². The zero-order valence-electron chi connectivity index (χ0n) is 15.8. The van der Waals surface area contributed by atoms with E-state index in [9.17, 15) is 22.4 Å². The van der Waals surface area contributed by atoms with Crippen molar-refractivity contribution in [1.82, 2.24) is 9.88 Å². The second-order valence-electron chi connectivity index (χ2n) is 7.74. The number of hydrogen-bond acceptors (Lipinski definition) is 4. The van der Waals surface area contributed by atoms with Crippen LogP contribution in [0.15, 0.2) is 36.5 Å². The Balaban J connectivity index is 1.45. The molecule has 1 spiro atoms. The minimum Gasteiger partial charge on any atom is -0.371 e. The lowest BCUT2D eigenvalue weighted by Gasteiger charge is -2.51. The molecule has 3 heterocycles. The topological polar surface area (TPSA) is 45.7 Å². The molecule has 160 valence electrons. The van der Waals surface area contributed by atoms with Crippen LogP contribution in [0.4, 0.5) is 23.4 Å². The average Bonchev–Trinajstić information content (AvgIpc) is 2.81. The summed E-state index contributed by atoms with van der Waals surface area (Å²) in [6.07, 6.45) is -3.62. The van der Waals surface area contributed by atoms with Gasteiger partial charge in [-0.2, -0.15) is 13.2 Å². The summed E-state index contributed by atoms with van der Waals surface area (Å²) in [5.74, 6) is -0.208. The van der Waals surface area contributed by atoms with Crippen LogP contribution in [-0.2, 0) is 22.3 Å². The summed E-state index contributed by atoms with van der Waals surface area (Å²) >= 11 is 6.10. The zero-order valence-corrected chi connectivity index (χ0v) is 16.5. The monoisotopic (exact) mass is 443 g/mol. The zero-order chi connectivity index (χ0) is 21.5. The largest absolute Gasteiger partial charge is 0.417 e. The number of rotatable bonds is 3. The molecule has 2 fully saturated rings. The first-order chi connectivity index (χ1) is 14.2. The Hall–Kier alpha value is -2.39. The Kier molecular flexibility index (Phi) is 5.36. The van der Waals surface area contributed by atoms with Crippen molar-refractivity contribution < 1.29 is 27.1 Å². The van der Waals surface area contributed by atoms with Gasteiger partial charge in [0.05, 0.1) is 12.2 Å². The number of carbonyl (C=O) groups is 1. The van der Waals surface area contributed by atoms with E-state index in [4.69, 9.17) is 16.3 Å². The summed E-state index contributed by atoms with van der Waals surface area (Å²) in [6, 6.07) is 6.38. The minimum absolute atomic E-state index is 0.0703. The Labute approximate surface area is 175 Å². The third kappa shape index (κ3) is 4.22. The highest BCUT2D eigenvalue weighted by molar-refractivity contribution is 6.31. The van der Waals surface area contributed by atoms with E-state index in [1.54, 1.807) is 11.0 Å². The van der Waals surface area contributed by atoms with Crippen molar-refractivity contribution in [2.45, 2.75) is 12.7 Å². The highest BCUT2D eigenvalue weighted by Gasteiger charge is 2.47. The summed E-state index contributed by atoms with van der Waals surface area (Å²) < 4.78 is 57.0. The molecule has 1 amide bonds. The molecule has 4 rings (SSSR count). The molecule has 2 aliphatic heterocycles. The maximum Gasteiger partial charge on any atom is 0.417 e. The molecule has 0 atom stereocenters. The van der Waals surface area contributed by atoms with Crippen molar-refractivity contribution in [2.75, 3.05) is 37.7 Å². The molecule has 0 bridgehead atoms. The fraction of sp³-hybridized carbons (Fsp3) is 0.400. The van der Waals surface area contributed by atoms with Gasteiger partial charge in [-0.15, -0.1) is 0 Å². The van der Waals surface area contributed by atoms with Crippen molar-refractivity contribution in [2.24, 2.45) is 5.41 Å². The van der Waals surface area contributed by atoms with Crippen molar-refractivity contribution in [3.63, 3.8) is 0 Å². The SMILES string of the molecule is O=C1COCC2(CN1Cc1ccc(F)cc1Cl)CN(c1ccc(C(F)(F)F)cn1)C2. The third-order valence-corrected chi connectivity index (χ3v) is 5.69. The van der Waals surface area contributed by atoms with Crippen molar-refractivity contribution in [3.05, 3.63) is 58.5 Å². The van der Waals surface area contributed by atoms with Crippen LogP contribution in [0.2, 0.25) is 5.02 Å². The number of halogens is 5. The molecule has 0 saturated carbocycles. The first kappa shape index (κ1) is 20.9. The van der Waals surface area contributed by atoms with Crippen LogP contribution >= 0.6 is 11.6 Å². The number of pyridine rings is 1. The number of carbonyl (C=O) groups excluding carboxylic acids is 1. The number of nitrogens with zero attached hydrogens (tertiary/aromatic N) is 3. The van der Waals surface area contributed by atoms with E-state index in [0.717, 1.165) is 12.3 Å². The standard InChI is InChI=1S/C20H18ClF4N3O2/c21-16-5-15(22)3-1-13(16)7-27-9-19(12-30-8-18(27)29)10-28(11-19)17-4-2-14(6-26-17)20(23,24)25/h1-6H,7-12H2. The number of hydrogen-bond donors (Lipinski definition) is 0. The molecule has 0 radical (unpaired) electrons. The number of alkyl halides is 3. The van der Waals surface area contributed by atoms with Crippen molar-refractivity contribution in [1.29, 1.82) is 0 Å². The van der Waals surface area contributed by atoms with Gasteiger partial charge in [-0.05, 0) is 29.8 Å². The van der Waals surface area contributed by atoms with Gasteiger partial charge < -0.3 is 14.5 Å². The lowest BCUT2D eigenvalue weighted by atomic mass is 9.80. The van der Waals surface area contributed by atoms with Crippen LogP contribution in [0.1, 0.15) is 11.1 Å². The molecule has 5 nitrogen and oxygen atoms in total. The number of amides is 1. The van der Waals surface area contributed by atoms with Gasteiger partial charge in [0, 0.05) is 42.8 Å². The number of ether oxygens (including phenoxy) is 1. The van der Waals surface area contributed by atoms with Crippen LogP contribution in [0, 0.1) is 11.2 Å². The molecule has 1 aromatic heterocycles. The smallest absolute Gasteiger partial charge is 0.371 e. The molecule has 2 saturated heterocycles. The van der Waals surface area contributed by atoms with Crippen LogP contribution in [0.25, 0.3) is 0 Å². The maximum atomic E-state index is 13.3. The highest BCUT2D eigenvalue weighted by Crippen LogP contribution is 2.37. The van der Waals surface area contributed by atoms with Gasteiger partial charge in [0.1, 0.15) is 18.2 Å². The summed E-state index contributed by atoms with van der Waals surface area (Å²) in [5.41, 5.74) is -0.528. The summed E-state index contributed by atoms with van der Waals surface area (Å²) in [6.45, 7) is 1.89. The number of benzene rings is 1. The quantitative estimate of drug-likeness (QED) is 0.678. The second-order valence-corrected chi connectivity index (χ2v) is 8.14. The highest BCUT2D eigenvalue weighted by atomic mass is 35.5. The van der Waals surface area contributed by atoms with Gasteiger partial charge in [-0.1, -0.05) is 17.7 Å². The summed E-state index contributed by atoms with van der Waals surface area (Å²) in [4.78, 5) is 19.9. The van der Waals surface area contributed by atoms with Gasteiger partial charge in [-0.3, -0.25) is 4.79 Å². The van der Waals surface area contributed by atoms with Crippen LogP contribution < -0.4 is 4.90 Å². The first-order valence-corrected chi connectivity index (χ1v) is 9.61. The predicted molar refractivity (Wildman–Crippen MR) is 102 cm³/mol. The Morgan fingerprint density at radius 1 is 1.17 bits per heavy atom. The molecule has 10 heteroatoms. The van der Waals surface area contributed by atoms with Crippen LogP contribution in [-0.4, -0.2) is 48.6 Å².